The van der Waals surface area contributed by atoms with Gasteiger partial charge in [-0.2, -0.15) is 0 Å². The minimum atomic E-state index is -0.0633. The van der Waals surface area contributed by atoms with Crippen LogP contribution in [-0.4, -0.2) is 47.4 Å². The van der Waals surface area contributed by atoms with E-state index in [0.29, 0.717) is 31.3 Å². The normalized spacial score (nSPS) is 10.7. The van der Waals surface area contributed by atoms with Gasteiger partial charge in [0.1, 0.15) is 0 Å². The fourth-order valence-corrected chi connectivity index (χ4v) is 4.82. The molecular weight excluding hydrogens is 402 g/mol. The molecule has 2 aromatic rings. The van der Waals surface area contributed by atoms with Crippen LogP contribution in [0.2, 0.25) is 0 Å². The van der Waals surface area contributed by atoms with Gasteiger partial charge in [0, 0.05) is 30.5 Å². The maximum atomic E-state index is 12.0. The van der Waals surface area contributed by atoms with Crippen LogP contribution in [-0.2, 0) is 14.3 Å². The molecule has 6 nitrogen and oxygen atoms in total. The Balaban J connectivity index is 1.78. The number of ether oxygens (including phenoxy) is 1. The number of benzene rings is 1. The van der Waals surface area contributed by atoms with E-state index in [9.17, 15) is 9.59 Å². The second-order valence-corrected chi connectivity index (χ2v) is 8.94. The molecule has 0 saturated carbocycles. The molecule has 9 heteroatoms. The summed E-state index contributed by atoms with van der Waals surface area (Å²) in [5, 5.41) is 5.60. The first kappa shape index (κ1) is 21.7. The standard InChI is InChI=1S/C18H23N3O3S3/c1-3-7-24-8-10-26-18-21-15-5-4-14(11-16(15)27-18)20-17(23)6-9-25-12-19-13(2)22/h3-5,11H,1,6-10,12H2,2H3,(H,19,22)(H,20,23). The molecular formula is C18H23N3O3S3. The summed E-state index contributed by atoms with van der Waals surface area (Å²) in [4.78, 5) is 27.4. The van der Waals surface area contributed by atoms with Gasteiger partial charge in [-0.1, -0.05) is 17.8 Å². The molecule has 0 aliphatic carbocycles. The summed E-state index contributed by atoms with van der Waals surface area (Å²) in [5.41, 5.74) is 1.70. The van der Waals surface area contributed by atoms with Crippen LogP contribution >= 0.6 is 34.9 Å². The van der Waals surface area contributed by atoms with Crippen LogP contribution in [0.5, 0.6) is 0 Å². The van der Waals surface area contributed by atoms with E-state index in [2.05, 4.69) is 22.2 Å². The third kappa shape index (κ3) is 8.34. The van der Waals surface area contributed by atoms with Crippen molar-refractivity contribution in [3.63, 3.8) is 0 Å². The van der Waals surface area contributed by atoms with Crippen LogP contribution in [0.3, 0.4) is 0 Å². The second kappa shape index (κ2) is 12.0. The summed E-state index contributed by atoms with van der Waals surface area (Å²) < 4.78 is 7.40. The van der Waals surface area contributed by atoms with Gasteiger partial charge in [0.05, 0.1) is 29.3 Å². The van der Waals surface area contributed by atoms with E-state index in [1.54, 1.807) is 29.2 Å². The predicted molar refractivity (Wildman–Crippen MR) is 116 cm³/mol. The van der Waals surface area contributed by atoms with Gasteiger partial charge in [0.2, 0.25) is 11.8 Å². The minimum Gasteiger partial charge on any atom is -0.377 e. The SMILES string of the molecule is C=CCOCCSc1nc2ccc(NC(=O)CCSCNC(C)=O)cc2s1. The van der Waals surface area contributed by atoms with Crippen LogP contribution in [0.1, 0.15) is 13.3 Å². The molecule has 2 rings (SSSR count). The Kier molecular flexibility index (Phi) is 9.68. The first-order valence-corrected chi connectivity index (χ1v) is 11.4. The van der Waals surface area contributed by atoms with E-state index < -0.39 is 0 Å². The highest BCUT2D eigenvalue weighted by atomic mass is 32.2. The number of nitrogens with zero attached hydrogens (tertiary/aromatic N) is 1. The predicted octanol–water partition coefficient (Wildman–Crippen LogP) is 3.75. The first-order valence-electron chi connectivity index (χ1n) is 8.42. The molecule has 0 atom stereocenters. The Bertz CT molecular complexity index is 780. The molecule has 0 fully saturated rings. The van der Waals surface area contributed by atoms with Crippen molar-refractivity contribution in [3.8, 4) is 0 Å². The van der Waals surface area contributed by atoms with Crippen LogP contribution < -0.4 is 10.6 Å². The Hall–Kier alpha value is -1.55. The van der Waals surface area contributed by atoms with Gasteiger partial charge in [-0.25, -0.2) is 4.98 Å². The van der Waals surface area contributed by atoms with Crippen LogP contribution in [0.4, 0.5) is 5.69 Å². The second-order valence-electron chi connectivity index (χ2n) is 5.46. The molecule has 1 aromatic heterocycles. The number of carbonyl (C=O) groups is 2. The molecule has 0 unspecified atom stereocenters. The van der Waals surface area contributed by atoms with E-state index in [-0.39, 0.29) is 11.8 Å². The van der Waals surface area contributed by atoms with Gasteiger partial charge in [0.25, 0.3) is 0 Å². The van der Waals surface area contributed by atoms with E-state index in [1.165, 1.54) is 18.7 Å². The Morgan fingerprint density at radius 2 is 2.22 bits per heavy atom. The van der Waals surface area contributed by atoms with Crippen molar-refractivity contribution in [2.75, 3.05) is 35.9 Å². The molecule has 1 aromatic carbocycles. The number of amides is 2. The molecule has 1 heterocycles. The molecule has 27 heavy (non-hydrogen) atoms. The molecule has 2 amide bonds. The fraction of sp³-hybridized carbons (Fsp3) is 0.389. The summed E-state index contributed by atoms with van der Waals surface area (Å²) in [6.07, 6.45) is 2.14. The smallest absolute Gasteiger partial charge is 0.225 e. The monoisotopic (exact) mass is 425 g/mol. The molecule has 0 aliphatic heterocycles. The number of thiazole rings is 1. The molecule has 146 valence electrons. The van der Waals surface area contributed by atoms with Crippen molar-refractivity contribution in [1.82, 2.24) is 10.3 Å². The number of anilines is 1. The van der Waals surface area contributed by atoms with E-state index in [4.69, 9.17) is 4.74 Å². The average molecular weight is 426 g/mol. The summed E-state index contributed by atoms with van der Waals surface area (Å²) in [5.74, 6) is 1.92. The molecule has 0 saturated heterocycles. The largest absolute Gasteiger partial charge is 0.377 e. The van der Waals surface area contributed by atoms with Gasteiger partial charge >= 0.3 is 0 Å². The van der Waals surface area contributed by atoms with E-state index in [1.807, 2.05) is 18.2 Å². The van der Waals surface area contributed by atoms with Crippen molar-refractivity contribution in [2.45, 2.75) is 17.7 Å². The quantitative estimate of drug-likeness (QED) is 0.233. The Labute approximate surface area is 171 Å². The Morgan fingerprint density at radius 1 is 1.37 bits per heavy atom. The number of thioether (sulfide) groups is 2. The van der Waals surface area contributed by atoms with E-state index >= 15 is 0 Å². The minimum absolute atomic E-state index is 0.0387. The fourth-order valence-electron chi connectivity index (χ4n) is 2.01. The van der Waals surface area contributed by atoms with Crippen LogP contribution in [0.25, 0.3) is 10.2 Å². The number of nitrogens with one attached hydrogen (secondary N) is 2. The molecule has 0 radical (unpaired) electrons. The van der Waals surface area contributed by atoms with Gasteiger partial charge in [-0.05, 0) is 18.2 Å². The lowest BCUT2D eigenvalue weighted by molar-refractivity contribution is -0.118. The number of fused-ring (bicyclic) bond motifs is 1. The summed E-state index contributed by atoms with van der Waals surface area (Å²) in [7, 11) is 0. The molecule has 2 N–H and O–H groups in total. The summed E-state index contributed by atoms with van der Waals surface area (Å²) in [6.45, 7) is 6.32. The van der Waals surface area contributed by atoms with Crippen molar-refractivity contribution in [1.29, 1.82) is 0 Å². The maximum absolute atomic E-state index is 12.0. The van der Waals surface area contributed by atoms with Crippen molar-refractivity contribution in [3.05, 3.63) is 30.9 Å². The first-order chi connectivity index (χ1) is 13.1. The number of hydrogen-bond donors (Lipinski definition) is 2. The third-order valence-electron chi connectivity index (χ3n) is 3.24. The van der Waals surface area contributed by atoms with Crippen LogP contribution in [0.15, 0.2) is 35.2 Å². The lowest BCUT2D eigenvalue weighted by Crippen LogP contribution is -2.19. The average Bonchev–Trinajstić information content (AvgIpc) is 3.03. The van der Waals surface area contributed by atoms with Crippen molar-refractivity contribution >= 4 is 62.6 Å². The summed E-state index contributed by atoms with van der Waals surface area (Å²) >= 11 is 4.79. The van der Waals surface area contributed by atoms with Gasteiger partial charge in [-0.15, -0.1) is 29.7 Å². The lowest BCUT2D eigenvalue weighted by atomic mass is 10.3. The number of rotatable bonds is 12. The zero-order valence-corrected chi connectivity index (χ0v) is 17.6. The third-order valence-corrected chi connectivity index (χ3v) is 6.20. The summed E-state index contributed by atoms with van der Waals surface area (Å²) in [6, 6.07) is 5.74. The van der Waals surface area contributed by atoms with Gasteiger partial charge in [0.15, 0.2) is 4.34 Å². The number of hydrogen-bond acceptors (Lipinski definition) is 7. The highest BCUT2D eigenvalue weighted by molar-refractivity contribution is 8.01. The van der Waals surface area contributed by atoms with Crippen molar-refractivity contribution in [2.24, 2.45) is 0 Å². The highest BCUT2D eigenvalue weighted by Crippen LogP contribution is 2.31. The molecule has 0 aliphatic rings. The maximum Gasteiger partial charge on any atom is 0.225 e. The van der Waals surface area contributed by atoms with Gasteiger partial charge < -0.3 is 15.4 Å². The molecule has 0 spiro atoms. The highest BCUT2D eigenvalue weighted by Gasteiger charge is 2.08. The number of carbonyl (C=O) groups excluding carboxylic acids is 2. The Morgan fingerprint density at radius 3 is 3.00 bits per heavy atom. The number of aromatic nitrogens is 1. The molecule has 0 bridgehead atoms. The zero-order chi connectivity index (χ0) is 19.5. The zero-order valence-electron chi connectivity index (χ0n) is 15.2. The topological polar surface area (TPSA) is 80.3 Å². The van der Waals surface area contributed by atoms with E-state index in [0.717, 1.165) is 26.0 Å². The lowest BCUT2D eigenvalue weighted by Gasteiger charge is -2.05. The van der Waals surface area contributed by atoms with Gasteiger partial charge in [-0.3, -0.25) is 9.59 Å². The van der Waals surface area contributed by atoms with Crippen LogP contribution in [0, 0.1) is 0 Å². The van der Waals surface area contributed by atoms with Crippen molar-refractivity contribution < 1.29 is 14.3 Å².